The van der Waals surface area contributed by atoms with Crippen molar-refractivity contribution in [3.8, 4) is 85.1 Å². The van der Waals surface area contributed by atoms with Crippen molar-refractivity contribution in [2.45, 2.75) is 12.4 Å². The van der Waals surface area contributed by atoms with Gasteiger partial charge in [0.25, 0.3) is 0 Å². The van der Waals surface area contributed by atoms with Gasteiger partial charge in [0.05, 0.1) is 22.2 Å². The molecule has 0 bridgehead atoms. The maximum absolute atomic E-state index is 14.6. The van der Waals surface area contributed by atoms with Gasteiger partial charge in [-0.25, -0.2) is 29.9 Å². The van der Waals surface area contributed by atoms with E-state index in [0.29, 0.717) is 45.4 Å². The molecule has 11 aromatic rings. The minimum absolute atomic E-state index is 0.0212. The number of fused-ring (bicyclic) bond motifs is 3. The summed E-state index contributed by atoms with van der Waals surface area (Å²) in [5, 5.41) is 1.68. The Balaban J connectivity index is 1.17. The van der Waals surface area contributed by atoms with Crippen LogP contribution in [0, 0.1) is 0 Å². The van der Waals surface area contributed by atoms with Crippen LogP contribution in [0.15, 0.2) is 200 Å². The molecule has 0 N–H and O–H groups in total. The summed E-state index contributed by atoms with van der Waals surface area (Å²) in [5.41, 5.74) is 2.24. The minimum Gasteiger partial charge on any atom is -0.309 e. The van der Waals surface area contributed by atoms with Crippen LogP contribution in [0.3, 0.4) is 0 Å². The van der Waals surface area contributed by atoms with Crippen molar-refractivity contribution in [3.63, 3.8) is 0 Å². The summed E-state index contributed by atoms with van der Waals surface area (Å²) in [7, 11) is 0. The van der Waals surface area contributed by atoms with Gasteiger partial charge in [-0.05, 0) is 59.7 Å². The van der Waals surface area contributed by atoms with Gasteiger partial charge in [-0.1, -0.05) is 152 Å². The Bertz CT molecular complexity index is 3540. The first-order valence-electron chi connectivity index (χ1n) is 21.7. The highest BCUT2D eigenvalue weighted by Gasteiger charge is 2.37. The van der Waals surface area contributed by atoms with E-state index in [-0.39, 0.29) is 40.2 Å². The predicted molar refractivity (Wildman–Crippen MR) is 256 cm³/mol. The molecular weight excluding hydrogens is 885 g/mol. The SMILES string of the molecule is FC(F)(F)c1cc(-c2cc(-n3c4ccccc4c4ccc(-c5nc(-c6ccccc6)nc(-c6ccccc6)n5)cc43)ccc2-c2nc(-c3ccccc3)nc(-c3ccccc3)n2)cc(C(F)(F)F)c1. The molecule has 334 valence electrons. The van der Waals surface area contributed by atoms with E-state index < -0.39 is 23.5 Å². The molecule has 0 fully saturated rings. The lowest BCUT2D eigenvalue weighted by atomic mass is 9.94. The van der Waals surface area contributed by atoms with Gasteiger partial charge in [0, 0.05) is 49.8 Å². The van der Waals surface area contributed by atoms with E-state index >= 15 is 0 Å². The van der Waals surface area contributed by atoms with Gasteiger partial charge in [0.2, 0.25) is 0 Å². The lowest BCUT2D eigenvalue weighted by Gasteiger charge is -2.18. The van der Waals surface area contributed by atoms with Crippen LogP contribution in [0.2, 0.25) is 0 Å². The van der Waals surface area contributed by atoms with Gasteiger partial charge >= 0.3 is 12.4 Å². The van der Waals surface area contributed by atoms with E-state index in [1.807, 2.05) is 144 Å². The molecule has 13 heteroatoms. The second-order valence-electron chi connectivity index (χ2n) is 16.2. The molecule has 69 heavy (non-hydrogen) atoms. The van der Waals surface area contributed by atoms with E-state index in [1.165, 1.54) is 0 Å². The quantitative estimate of drug-likeness (QED) is 0.141. The summed E-state index contributed by atoms with van der Waals surface area (Å²) in [4.78, 5) is 29.1. The number of halogens is 6. The minimum atomic E-state index is -5.11. The average Bonchev–Trinajstić information content (AvgIpc) is 3.72. The molecule has 0 spiro atoms. The van der Waals surface area contributed by atoms with Gasteiger partial charge in [0.15, 0.2) is 34.9 Å². The van der Waals surface area contributed by atoms with E-state index in [9.17, 15) is 26.3 Å². The lowest BCUT2D eigenvalue weighted by molar-refractivity contribution is -0.143. The van der Waals surface area contributed by atoms with Crippen LogP contribution in [-0.4, -0.2) is 34.5 Å². The number of rotatable bonds is 8. The molecule has 0 amide bonds. The Labute approximate surface area is 390 Å². The second kappa shape index (κ2) is 17.1. The third-order valence-corrected chi connectivity index (χ3v) is 11.7. The number of alkyl halides is 6. The van der Waals surface area contributed by atoms with Crippen LogP contribution < -0.4 is 0 Å². The fraction of sp³-hybridized carbons (Fsp3) is 0.0357. The summed E-state index contributed by atoms with van der Waals surface area (Å²) in [6.07, 6.45) is -10.2. The Morgan fingerprint density at radius 2 is 0.696 bits per heavy atom. The first-order chi connectivity index (χ1) is 33.4. The van der Waals surface area contributed by atoms with Crippen LogP contribution >= 0.6 is 0 Å². The van der Waals surface area contributed by atoms with Crippen LogP contribution in [0.25, 0.3) is 107 Å². The van der Waals surface area contributed by atoms with E-state index in [2.05, 4.69) is 0 Å². The first-order valence-corrected chi connectivity index (χ1v) is 21.7. The van der Waals surface area contributed by atoms with Gasteiger partial charge in [0.1, 0.15) is 0 Å². The molecule has 0 aliphatic carbocycles. The highest BCUT2D eigenvalue weighted by atomic mass is 19.4. The Kier molecular flexibility index (Phi) is 10.6. The molecule has 0 saturated carbocycles. The zero-order valence-corrected chi connectivity index (χ0v) is 36.0. The summed E-state index contributed by atoms with van der Waals surface area (Å²) in [6.45, 7) is 0. The number of hydrogen-bond donors (Lipinski definition) is 0. The number of hydrogen-bond acceptors (Lipinski definition) is 6. The normalized spacial score (nSPS) is 11.9. The smallest absolute Gasteiger partial charge is 0.309 e. The standard InChI is InChI=1S/C56H33F6N7/c57-55(58,59)40-29-39(30-41(32-40)56(60,61)62)46-33-42(26-28-45(46)54-67-51(36-19-9-3-10-20-36)64-52(68-54)37-21-11-4-12-22-37)69-47-24-14-13-23-43(47)44-27-25-38(31-48(44)69)53-65-49(34-15-5-1-6-16-34)63-50(66-53)35-17-7-2-8-18-35/h1-33H. The highest BCUT2D eigenvalue weighted by Crippen LogP contribution is 2.43. The number of nitrogens with zero attached hydrogens (tertiary/aromatic N) is 7. The van der Waals surface area contributed by atoms with Crippen LogP contribution in [0.1, 0.15) is 11.1 Å². The van der Waals surface area contributed by atoms with Crippen molar-refractivity contribution in [2.24, 2.45) is 0 Å². The summed E-state index contributed by atoms with van der Waals surface area (Å²) in [6, 6.07) is 57.2. The Hall–Kier alpha value is -8.84. The molecule has 7 nitrogen and oxygen atoms in total. The van der Waals surface area contributed by atoms with Crippen molar-refractivity contribution in [3.05, 3.63) is 211 Å². The molecular formula is C56H33F6N7. The zero-order valence-electron chi connectivity index (χ0n) is 36.0. The van der Waals surface area contributed by atoms with Crippen molar-refractivity contribution in [1.82, 2.24) is 34.5 Å². The third kappa shape index (κ3) is 8.35. The number of aromatic nitrogens is 7. The van der Waals surface area contributed by atoms with Crippen molar-refractivity contribution >= 4 is 21.8 Å². The first kappa shape index (κ1) is 42.8. The van der Waals surface area contributed by atoms with Gasteiger partial charge < -0.3 is 4.57 Å². The molecule has 0 atom stereocenters. The second-order valence-corrected chi connectivity index (χ2v) is 16.2. The molecule has 0 saturated heterocycles. The van der Waals surface area contributed by atoms with Gasteiger partial charge in [-0.15, -0.1) is 0 Å². The average molecular weight is 918 g/mol. The van der Waals surface area contributed by atoms with Gasteiger partial charge in [-0.2, -0.15) is 26.3 Å². The zero-order chi connectivity index (χ0) is 47.3. The van der Waals surface area contributed by atoms with Gasteiger partial charge in [-0.3, -0.25) is 0 Å². The summed E-state index contributed by atoms with van der Waals surface area (Å²) < 4.78 is 89.6. The van der Waals surface area contributed by atoms with Crippen LogP contribution in [-0.2, 0) is 12.4 Å². The molecule has 0 unspecified atom stereocenters. The van der Waals surface area contributed by atoms with E-state index in [0.717, 1.165) is 39.5 Å². The lowest BCUT2D eigenvalue weighted by Crippen LogP contribution is -2.11. The van der Waals surface area contributed by atoms with Crippen LogP contribution in [0.4, 0.5) is 26.3 Å². The van der Waals surface area contributed by atoms with E-state index in [4.69, 9.17) is 29.9 Å². The molecule has 3 aromatic heterocycles. The molecule has 0 radical (unpaired) electrons. The topological polar surface area (TPSA) is 82.3 Å². The largest absolute Gasteiger partial charge is 0.416 e. The highest BCUT2D eigenvalue weighted by molar-refractivity contribution is 6.10. The monoisotopic (exact) mass is 917 g/mol. The molecule has 0 aliphatic rings. The maximum atomic E-state index is 14.6. The fourth-order valence-corrected chi connectivity index (χ4v) is 8.47. The van der Waals surface area contributed by atoms with Crippen molar-refractivity contribution in [2.75, 3.05) is 0 Å². The Morgan fingerprint density at radius 3 is 1.16 bits per heavy atom. The third-order valence-electron chi connectivity index (χ3n) is 11.7. The van der Waals surface area contributed by atoms with Crippen LogP contribution in [0.5, 0.6) is 0 Å². The predicted octanol–water partition coefficient (Wildman–Crippen LogP) is 14.9. The Morgan fingerprint density at radius 1 is 0.290 bits per heavy atom. The summed E-state index contributed by atoms with van der Waals surface area (Å²) >= 11 is 0. The number of benzene rings is 8. The van der Waals surface area contributed by atoms with Crippen molar-refractivity contribution in [1.29, 1.82) is 0 Å². The molecule has 0 aliphatic heterocycles. The fourth-order valence-electron chi connectivity index (χ4n) is 8.47. The molecule has 11 rings (SSSR count). The maximum Gasteiger partial charge on any atom is 0.416 e. The number of para-hydroxylation sites is 1. The van der Waals surface area contributed by atoms with E-state index in [1.54, 1.807) is 42.5 Å². The molecule has 8 aromatic carbocycles. The van der Waals surface area contributed by atoms with Crippen molar-refractivity contribution < 1.29 is 26.3 Å². The summed E-state index contributed by atoms with van der Waals surface area (Å²) in [5.74, 6) is 1.87. The molecule has 3 heterocycles.